The molecular weight excluding hydrogens is 469 g/mol. The Morgan fingerprint density at radius 3 is 2.80 bits per heavy atom. The van der Waals surface area contributed by atoms with Crippen LogP contribution in [0.5, 0.6) is 5.75 Å². The van der Waals surface area contributed by atoms with Crippen LogP contribution in [0.3, 0.4) is 0 Å². The number of nitriles is 1. The fourth-order valence-corrected chi connectivity index (χ4v) is 5.49. The number of halogens is 2. The maximum atomic E-state index is 14.2. The van der Waals surface area contributed by atoms with Gasteiger partial charge in [0.1, 0.15) is 40.5 Å². The predicted molar refractivity (Wildman–Crippen MR) is 134 cm³/mol. The lowest BCUT2D eigenvalue weighted by Gasteiger charge is -2.40. The second kappa shape index (κ2) is 9.33. The van der Waals surface area contributed by atoms with E-state index in [0.29, 0.717) is 60.4 Å². The Balaban J connectivity index is 1.45. The summed E-state index contributed by atoms with van der Waals surface area (Å²) in [5.74, 6) is 0.286. The molecule has 2 aliphatic rings. The summed E-state index contributed by atoms with van der Waals surface area (Å²) in [6.07, 6.45) is 3.34. The molecule has 7 nitrogen and oxygen atoms in total. The summed E-state index contributed by atoms with van der Waals surface area (Å²) < 4.78 is 21.4. The summed E-state index contributed by atoms with van der Waals surface area (Å²) in [6.45, 7) is 6.66. The van der Waals surface area contributed by atoms with Gasteiger partial charge < -0.3 is 14.2 Å². The number of aromatic nitrogens is 2. The van der Waals surface area contributed by atoms with Crippen molar-refractivity contribution in [2.24, 2.45) is 7.05 Å². The average Bonchev–Trinajstić information content (AvgIpc) is 3.28. The van der Waals surface area contributed by atoms with Gasteiger partial charge in [0, 0.05) is 50.9 Å². The van der Waals surface area contributed by atoms with E-state index in [0.717, 1.165) is 24.0 Å². The summed E-state index contributed by atoms with van der Waals surface area (Å²) in [6, 6.07) is 8.67. The van der Waals surface area contributed by atoms with Crippen molar-refractivity contribution in [3.8, 4) is 11.8 Å². The molecule has 0 saturated carbocycles. The molecule has 1 aliphatic heterocycles. The zero-order chi connectivity index (χ0) is 24.7. The highest BCUT2D eigenvalue weighted by Crippen LogP contribution is 2.43. The number of hydrogen-bond acceptors (Lipinski definition) is 6. The highest BCUT2D eigenvalue weighted by molar-refractivity contribution is 6.29. The van der Waals surface area contributed by atoms with E-state index in [1.165, 1.54) is 10.6 Å². The van der Waals surface area contributed by atoms with Crippen LogP contribution in [0.25, 0.3) is 11.0 Å². The normalized spacial score (nSPS) is 17.9. The SMILES string of the molecule is C=CCOc1cc(F)cc2c1C(N1CCN(c3c(C#N)c(=O)n(C)c4ccc(Cl)nc34)CC1)CC2. The Kier molecular flexibility index (Phi) is 6.22. The molecule has 0 spiro atoms. The molecule has 35 heavy (non-hydrogen) atoms. The first-order chi connectivity index (χ1) is 16.9. The molecule has 3 aromatic rings. The first-order valence-corrected chi connectivity index (χ1v) is 11.9. The molecular formula is C26H25ClFN5O2. The summed E-state index contributed by atoms with van der Waals surface area (Å²) in [7, 11) is 1.63. The Labute approximate surface area is 207 Å². The van der Waals surface area contributed by atoms with E-state index in [-0.39, 0.29) is 23.0 Å². The van der Waals surface area contributed by atoms with Crippen molar-refractivity contribution < 1.29 is 9.13 Å². The number of aryl methyl sites for hydroxylation is 2. The zero-order valence-electron chi connectivity index (χ0n) is 19.4. The largest absolute Gasteiger partial charge is 0.489 e. The van der Waals surface area contributed by atoms with Crippen molar-refractivity contribution in [3.05, 3.63) is 74.9 Å². The summed E-state index contributed by atoms with van der Waals surface area (Å²) in [5, 5.41) is 10.1. The Morgan fingerprint density at radius 1 is 1.31 bits per heavy atom. The molecule has 1 saturated heterocycles. The molecule has 0 bridgehead atoms. The van der Waals surface area contributed by atoms with Crippen molar-refractivity contribution >= 4 is 28.3 Å². The second-order valence-electron chi connectivity index (χ2n) is 8.86. The van der Waals surface area contributed by atoms with E-state index in [1.54, 1.807) is 31.3 Å². The number of fused-ring (bicyclic) bond motifs is 2. The number of rotatable bonds is 5. The van der Waals surface area contributed by atoms with Crippen LogP contribution in [-0.4, -0.2) is 47.2 Å². The van der Waals surface area contributed by atoms with Crippen LogP contribution in [0.2, 0.25) is 5.15 Å². The minimum atomic E-state index is -0.350. The number of ether oxygens (including phenoxy) is 1. The Hall–Kier alpha value is -3.41. The van der Waals surface area contributed by atoms with Crippen LogP contribution in [0.4, 0.5) is 10.1 Å². The van der Waals surface area contributed by atoms with E-state index in [9.17, 15) is 14.4 Å². The summed E-state index contributed by atoms with van der Waals surface area (Å²) in [4.78, 5) is 21.8. The first-order valence-electron chi connectivity index (χ1n) is 11.6. The monoisotopic (exact) mass is 493 g/mol. The van der Waals surface area contributed by atoms with Crippen LogP contribution in [0.15, 0.2) is 41.7 Å². The van der Waals surface area contributed by atoms with Gasteiger partial charge in [-0.2, -0.15) is 5.26 Å². The van der Waals surface area contributed by atoms with E-state index >= 15 is 0 Å². The van der Waals surface area contributed by atoms with Crippen LogP contribution in [0.1, 0.15) is 29.2 Å². The quantitative estimate of drug-likeness (QED) is 0.395. The standard InChI is InChI=1S/C26H25ClFN5O2/c1-3-12-35-21-14-17(28)13-16-4-5-19(23(16)21)32-8-10-33(11-9-32)25-18(15-29)26(34)31(2)20-6-7-22(27)30-24(20)25/h3,6-7,13-14,19H,1,4-5,8-12H2,2H3. The molecule has 2 aromatic heterocycles. The number of nitrogens with zero attached hydrogens (tertiary/aromatic N) is 5. The van der Waals surface area contributed by atoms with Crippen molar-refractivity contribution in [3.63, 3.8) is 0 Å². The van der Waals surface area contributed by atoms with Crippen molar-refractivity contribution in [1.82, 2.24) is 14.5 Å². The maximum absolute atomic E-state index is 14.2. The third kappa shape index (κ3) is 4.05. The minimum Gasteiger partial charge on any atom is -0.489 e. The molecule has 1 atom stereocenters. The highest BCUT2D eigenvalue weighted by atomic mass is 35.5. The van der Waals surface area contributed by atoms with Crippen molar-refractivity contribution in [2.75, 3.05) is 37.7 Å². The Morgan fingerprint density at radius 2 is 2.09 bits per heavy atom. The molecule has 0 radical (unpaired) electrons. The molecule has 0 amide bonds. The van der Waals surface area contributed by atoms with Gasteiger partial charge in [-0.25, -0.2) is 9.37 Å². The van der Waals surface area contributed by atoms with E-state index in [2.05, 4.69) is 27.4 Å². The van der Waals surface area contributed by atoms with E-state index in [1.807, 2.05) is 0 Å². The molecule has 9 heteroatoms. The van der Waals surface area contributed by atoms with Crippen LogP contribution < -0.4 is 15.2 Å². The van der Waals surface area contributed by atoms with Gasteiger partial charge in [-0.1, -0.05) is 24.3 Å². The lowest BCUT2D eigenvalue weighted by Crippen LogP contribution is -2.48. The lowest BCUT2D eigenvalue weighted by atomic mass is 10.0. The minimum absolute atomic E-state index is 0.0741. The van der Waals surface area contributed by atoms with Gasteiger partial charge >= 0.3 is 0 Å². The number of pyridine rings is 2. The van der Waals surface area contributed by atoms with E-state index < -0.39 is 0 Å². The lowest BCUT2D eigenvalue weighted by molar-refractivity contribution is 0.182. The van der Waals surface area contributed by atoms with Gasteiger partial charge in [-0.3, -0.25) is 9.69 Å². The van der Waals surface area contributed by atoms with Crippen molar-refractivity contribution in [1.29, 1.82) is 5.26 Å². The number of hydrogen-bond donors (Lipinski definition) is 0. The average molecular weight is 494 g/mol. The Bertz CT molecular complexity index is 1420. The molecule has 5 rings (SSSR count). The van der Waals surface area contributed by atoms with Gasteiger partial charge in [0.15, 0.2) is 0 Å². The molecule has 1 aromatic carbocycles. The zero-order valence-corrected chi connectivity index (χ0v) is 20.2. The van der Waals surface area contributed by atoms with E-state index in [4.69, 9.17) is 16.3 Å². The molecule has 1 aliphatic carbocycles. The highest BCUT2D eigenvalue weighted by Gasteiger charge is 2.34. The first kappa shape index (κ1) is 23.3. The predicted octanol–water partition coefficient (Wildman–Crippen LogP) is 3.97. The van der Waals surface area contributed by atoms with Crippen molar-refractivity contribution in [2.45, 2.75) is 18.9 Å². The number of benzene rings is 1. The number of piperazine rings is 1. The molecule has 1 fully saturated rings. The van der Waals surface area contributed by atoms with Crippen LogP contribution in [0, 0.1) is 17.1 Å². The van der Waals surface area contributed by atoms with Crippen LogP contribution in [-0.2, 0) is 13.5 Å². The summed E-state index contributed by atoms with van der Waals surface area (Å²) in [5.41, 5.74) is 3.48. The molecule has 3 heterocycles. The fourth-order valence-electron chi connectivity index (χ4n) is 5.34. The second-order valence-corrected chi connectivity index (χ2v) is 9.24. The van der Waals surface area contributed by atoms with Gasteiger partial charge in [-0.05, 0) is 36.6 Å². The fraction of sp³-hybridized carbons (Fsp3) is 0.346. The molecule has 1 unspecified atom stereocenters. The van der Waals surface area contributed by atoms with Gasteiger partial charge in [0.05, 0.1) is 11.2 Å². The summed E-state index contributed by atoms with van der Waals surface area (Å²) >= 11 is 6.18. The molecule has 0 N–H and O–H groups in total. The maximum Gasteiger partial charge on any atom is 0.270 e. The molecule has 180 valence electrons. The number of anilines is 1. The van der Waals surface area contributed by atoms with Crippen LogP contribution >= 0.6 is 11.6 Å². The third-order valence-electron chi connectivity index (χ3n) is 6.93. The smallest absolute Gasteiger partial charge is 0.270 e. The third-order valence-corrected chi connectivity index (χ3v) is 7.14. The van der Waals surface area contributed by atoms with Gasteiger partial charge in [0.2, 0.25) is 0 Å². The van der Waals surface area contributed by atoms with Gasteiger partial charge in [-0.15, -0.1) is 0 Å². The van der Waals surface area contributed by atoms with Gasteiger partial charge in [0.25, 0.3) is 5.56 Å². The topological polar surface area (TPSA) is 74.4 Å².